The lowest BCUT2D eigenvalue weighted by molar-refractivity contribution is 0.165. The van der Waals surface area contributed by atoms with Crippen molar-refractivity contribution in [3.63, 3.8) is 0 Å². The van der Waals surface area contributed by atoms with Crippen LogP contribution in [0.3, 0.4) is 0 Å². The zero-order valence-electron chi connectivity index (χ0n) is 15.0. The van der Waals surface area contributed by atoms with Gasteiger partial charge in [-0.05, 0) is 61.5 Å². The highest BCUT2D eigenvalue weighted by Gasteiger charge is 2.28. The molecule has 0 radical (unpaired) electrons. The van der Waals surface area contributed by atoms with Gasteiger partial charge in [0.25, 0.3) is 0 Å². The van der Waals surface area contributed by atoms with E-state index >= 15 is 0 Å². The molecule has 2 amide bonds. The number of urea groups is 1. The number of carbonyl (C=O) groups is 1. The van der Waals surface area contributed by atoms with Crippen molar-refractivity contribution >= 4 is 17.4 Å². The summed E-state index contributed by atoms with van der Waals surface area (Å²) < 4.78 is 5.53. The van der Waals surface area contributed by atoms with Crippen molar-refractivity contribution in [3.05, 3.63) is 46.5 Å². The van der Waals surface area contributed by atoms with Crippen LogP contribution < -0.4 is 5.32 Å². The first-order chi connectivity index (χ1) is 12.1. The number of nitrogens with one attached hydrogen (secondary N) is 1. The predicted molar refractivity (Wildman–Crippen MR) is 101 cm³/mol. The molecule has 1 aliphatic carbocycles. The molecule has 1 aliphatic rings. The average molecular weight is 362 g/mol. The van der Waals surface area contributed by atoms with Crippen molar-refractivity contribution in [2.75, 3.05) is 20.6 Å². The van der Waals surface area contributed by atoms with Crippen LogP contribution >= 0.6 is 11.3 Å². The molecule has 3 rings (SSSR count). The number of hydrogen-bond donors (Lipinski definition) is 1. The smallest absolute Gasteiger partial charge is 0.318 e. The topological polar surface area (TPSA) is 48.7 Å². The minimum Gasteiger partial charge on any atom is -0.468 e. The Morgan fingerprint density at radius 1 is 1.36 bits per heavy atom. The lowest BCUT2D eigenvalue weighted by Gasteiger charge is -2.30. The summed E-state index contributed by atoms with van der Waals surface area (Å²) in [5, 5.41) is 7.32. The SMILES string of the molecule is CN(C)[C@H](CNC(=O)N(Cc1ccsc1)C1CCCC1)c1ccco1. The molecule has 1 fully saturated rings. The number of rotatable bonds is 7. The highest BCUT2D eigenvalue weighted by Crippen LogP contribution is 2.26. The summed E-state index contributed by atoms with van der Waals surface area (Å²) in [5.41, 5.74) is 1.21. The molecule has 0 saturated heterocycles. The third-order valence-electron chi connectivity index (χ3n) is 4.90. The van der Waals surface area contributed by atoms with Crippen molar-refractivity contribution in [2.24, 2.45) is 0 Å². The predicted octanol–water partition coefficient (Wildman–Crippen LogP) is 4.10. The lowest BCUT2D eigenvalue weighted by atomic mass is 10.2. The Labute approximate surface area is 153 Å². The Morgan fingerprint density at radius 2 is 2.16 bits per heavy atom. The van der Waals surface area contributed by atoms with Crippen LogP contribution in [0.5, 0.6) is 0 Å². The number of hydrogen-bond acceptors (Lipinski definition) is 4. The fourth-order valence-electron chi connectivity index (χ4n) is 3.47. The molecule has 1 atom stereocenters. The maximum Gasteiger partial charge on any atom is 0.318 e. The summed E-state index contributed by atoms with van der Waals surface area (Å²) >= 11 is 1.68. The first-order valence-corrected chi connectivity index (χ1v) is 9.85. The molecule has 136 valence electrons. The number of carbonyl (C=O) groups excluding carboxylic acids is 1. The van der Waals surface area contributed by atoms with E-state index in [2.05, 4.69) is 27.0 Å². The zero-order valence-corrected chi connectivity index (χ0v) is 15.8. The summed E-state index contributed by atoms with van der Waals surface area (Å²) in [5.74, 6) is 0.871. The Kier molecular flexibility index (Phi) is 6.15. The van der Waals surface area contributed by atoms with Gasteiger partial charge in [0.2, 0.25) is 0 Å². The molecule has 25 heavy (non-hydrogen) atoms. The fourth-order valence-corrected chi connectivity index (χ4v) is 4.13. The van der Waals surface area contributed by atoms with E-state index in [1.165, 1.54) is 18.4 Å². The third-order valence-corrected chi connectivity index (χ3v) is 5.63. The van der Waals surface area contributed by atoms with Crippen LogP contribution in [0.4, 0.5) is 4.79 Å². The van der Waals surface area contributed by atoms with E-state index in [0.29, 0.717) is 19.1 Å². The van der Waals surface area contributed by atoms with Gasteiger partial charge >= 0.3 is 6.03 Å². The molecule has 2 aromatic heterocycles. The van der Waals surface area contributed by atoms with Crippen LogP contribution in [0.2, 0.25) is 0 Å². The van der Waals surface area contributed by atoms with E-state index in [1.54, 1.807) is 17.6 Å². The van der Waals surface area contributed by atoms with Gasteiger partial charge in [-0.3, -0.25) is 4.90 Å². The third kappa shape index (κ3) is 4.64. The van der Waals surface area contributed by atoms with Crippen LogP contribution in [0.25, 0.3) is 0 Å². The van der Waals surface area contributed by atoms with Gasteiger partial charge in [0.15, 0.2) is 0 Å². The minimum absolute atomic E-state index is 0.0245. The van der Waals surface area contributed by atoms with Crippen LogP contribution in [-0.4, -0.2) is 42.5 Å². The highest BCUT2D eigenvalue weighted by molar-refractivity contribution is 7.07. The van der Waals surface area contributed by atoms with Crippen LogP contribution in [0, 0.1) is 0 Å². The molecule has 0 aliphatic heterocycles. The average Bonchev–Trinajstić information content (AvgIpc) is 3.33. The van der Waals surface area contributed by atoms with E-state index in [9.17, 15) is 4.79 Å². The molecule has 0 aromatic carbocycles. The molecule has 5 nitrogen and oxygen atoms in total. The number of amides is 2. The van der Waals surface area contributed by atoms with Gasteiger partial charge in [0, 0.05) is 19.1 Å². The summed E-state index contributed by atoms with van der Waals surface area (Å²) in [7, 11) is 4.00. The van der Waals surface area contributed by atoms with Crippen molar-refractivity contribution in [3.8, 4) is 0 Å². The molecule has 0 bridgehead atoms. The monoisotopic (exact) mass is 361 g/mol. The van der Waals surface area contributed by atoms with Gasteiger partial charge in [-0.2, -0.15) is 11.3 Å². The van der Waals surface area contributed by atoms with Gasteiger partial charge in [-0.25, -0.2) is 4.79 Å². The molecular weight excluding hydrogens is 334 g/mol. The number of thiophene rings is 1. The summed E-state index contributed by atoms with van der Waals surface area (Å²) in [6.45, 7) is 1.22. The molecule has 6 heteroatoms. The number of likely N-dealkylation sites (N-methyl/N-ethyl adjacent to an activating group) is 1. The van der Waals surface area contributed by atoms with Gasteiger partial charge in [0.1, 0.15) is 5.76 Å². The molecule has 1 N–H and O–H groups in total. The maximum atomic E-state index is 12.9. The van der Waals surface area contributed by atoms with Gasteiger partial charge in [-0.15, -0.1) is 0 Å². The quantitative estimate of drug-likeness (QED) is 0.808. The van der Waals surface area contributed by atoms with Crippen LogP contribution in [0.15, 0.2) is 39.6 Å². The Hall–Kier alpha value is -1.79. The first kappa shape index (κ1) is 18.0. The van der Waals surface area contributed by atoms with E-state index in [1.807, 2.05) is 31.1 Å². The van der Waals surface area contributed by atoms with E-state index in [4.69, 9.17) is 4.42 Å². The molecule has 1 saturated carbocycles. The second kappa shape index (κ2) is 8.54. The summed E-state index contributed by atoms with van der Waals surface area (Å²) in [4.78, 5) is 17.0. The minimum atomic E-state index is 0.0245. The maximum absolute atomic E-state index is 12.9. The molecule has 0 spiro atoms. The lowest BCUT2D eigenvalue weighted by Crippen LogP contribution is -2.46. The fraction of sp³-hybridized carbons (Fsp3) is 0.526. The first-order valence-electron chi connectivity index (χ1n) is 8.90. The van der Waals surface area contributed by atoms with Gasteiger partial charge in [-0.1, -0.05) is 12.8 Å². The standard InChI is InChI=1S/C19H27N3O2S/c1-21(2)17(18-8-5-10-24-18)12-20-19(23)22(16-6-3-4-7-16)13-15-9-11-25-14-15/h5,8-11,14,16-17H,3-4,6-7,12-13H2,1-2H3,(H,20,23)/t17-/m1/s1. The van der Waals surface area contributed by atoms with Crippen molar-refractivity contribution < 1.29 is 9.21 Å². The van der Waals surface area contributed by atoms with Crippen LogP contribution in [-0.2, 0) is 6.54 Å². The Bertz CT molecular complexity index is 634. The molecule has 0 unspecified atom stereocenters. The number of furan rings is 1. The van der Waals surface area contributed by atoms with E-state index in [0.717, 1.165) is 18.6 Å². The van der Waals surface area contributed by atoms with Gasteiger partial charge in [0.05, 0.1) is 12.3 Å². The van der Waals surface area contributed by atoms with E-state index < -0.39 is 0 Å². The van der Waals surface area contributed by atoms with Crippen LogP contribution in [0.1, 0.15) is 43.0 Å². The Balaban J connectivity index is 1.64. The normalized spacial score (nSPS) is 16.3. The molecular formula is C19H27N3O2S. The summed E-state index contributed by atoms with van der Waals surface area (Å²) in [6, 6.07) is 6.35. The zero-order chi connectivity index (χ0) is 17.6. The van der Waals surface area contributed by atoms with Gasteiger partial charge < -0.3 is 14.6 Å². The van der Waals surface area contributed by atoms with Crippen molar-refractivity contribution in [1.29, 1.82) is 0 Å². The number of nitrogens with zero attached hydrogens (tertiary/aromatic N) is 2. The van der Waals surface area contributed by atoms with E-state index in [-0.39, 0.29) is 12.1 Å². The highest BCUT2D eigenvalue weighted by atomic mass is 32.1. The van der Waals surface area contributed by atoms with Crippen molar-refractivity contribution in [1.82, 2.24) is 15.1 Å². The second-order valence-electron chi connectivity index (χ2n) is 6.88. The Morgan fingerprint density at radius 3 is 2.76 bits per heavy atom. The van der Waals surface area contributed by atoms with Crippen molar-refractivity contribution in [2.45, 2.75) is 44.3 Å². The summed E-state index contributed by atoms with van der Waals surface area (Å²) in [6.07, 6.45) is 6.31. The largest absolute Gasteiger partial charge is 0.468 e. The second-order valence-corrected chi connectivity index (χ2v) is 7.66. The molecule has 2 aromatic rings. The molecule has 2 heterocycles.